The Morgan fingerprint density at radius 1 is 1.22 bits per heavy atom. The van der Waals surface area contributed by atoms with E-state index in [2.05, 4.69) is 36.4 Å². The van der Waals surface area contributed by atoms with Gasteiger partial charge in [0.1, 0.15) is 5.82 Å². The third-order valence-corrected chi connectivity index (χ3v) is 3.31. The van der Waals surface area contributed by atoms with Gasteiger partial charge in [-0.15, -0.1) is 5.10 Å². The van der Waals surface area contributed by atoms with Crippen LogP contribution in [0.4, 0.5) is 10.3 Å². The normalized spacial score (nSPS) is 10.4. The van der Waals surface area contributed by atoms with Gasteiger partial charge in [0, 0.05) is 11.0 Å². The van der Waals surface area contributed by atoms with Crippen LogP contribution in [0.15, 0.2) is 22.7 Å². The molecule has 0 unspecified atom stereocenters. The molecular weight excluding hydrogens is 299 g/mol. The van der Waals surface area contributed by atoms with Crippen LogP contribution < -0.4 is 5.32 Å². The number of rotatable bonds is 3. The fourth-order valence-corrected chi connectivity index (χ4v) is 1.77. The molecule has 1 aromatic carbocycles. The Morgan fingerprint density at radius 2 is 2.00 bits per heavy atom. The van der Waals surface area contributed by atoms with E-state index in [1.165, 1.54) is 12.1 Å². The number of nitrogens with zero attached hydrogens (tertiary/aromatic N) is 3. The van der Waals surface area contributed by atoms with Crippen LogP contribution in [0.1, 0.15) is 17.0 Å². The molecule has 0 radical (unpaired) electrons. The van der Waals surface area contributed by atoms with Gasteiger partial charge in [-0.2, -0.15) is 5.10 Å². The lowest BCUT2D eigenvalue weighted by atomic mass is 10.2. The molecule has 0 saturated heterocycles. The monoisotopic (exact) mass is 310 g/mol. The zero-order valence-electron chi connectivity index (χ0n) is 10.0. The highest BCUT2D eigenvalue weighted by Gasteiger charge is 2.04. The maximum atomic E-state index is 13.1. The highest BCUT2D eigenvalue weighted by Crippen LogP contribution is 2.18. The van der Waals surface area contributed by atoms with Crippen molar-refractivity contribution >= 4 is 21.9 Å². The molecule has 2 rings (SSSR count). The highest BCUT2D eigenvalue weighted by atomic mass is 79.9. The summed E-state index contributed by atoms with van der Waals surface area (Å²) < 4.78 is 13.9. The predicted molar refractivity (Wildman–Crippen MR) is 70.7 cm³/mol. The maximum absolute atomic E-state index is 13.1. The minimum atomic E-state index is -0.269. The molecule has 0 aliphatic heterocycles. The molecule has 1 N–H and O–H groups in total. The Bertz CT molecular complexity index is 574. The van der Waals surface area contributed by atoms with Crippen molar-refractivity contribution in [1.82, 2.24) is 15.2 Å². The Hall–Kier alpha value is -1.56. The van der Waals surface area contributed by atoms with Gasteiger partial charge < -0.3 is 5.32 Å². The Morgan fingerprint density at radius 3 is 2.72 bits per heavy atom. The number of hydrogen-bond donors (Lipinski definition) is 1. The van der Waals surface area contributed by atoms with Crippen LogP contribution in [-0.4, -0.2) is 15.2 Å². The van der Waals surface area contributed by atoms with Gasteiger partial charge in [-0.3, -0.25) is 0 Å². The third kappa shape index (κ3) is 3.01. The fourth-order valence-electron chi connectivity index (χ4n) is 1.38. The van der Waals surface area contributed by atoms with Crippen LogP contribution in [0.3, 0.4) is 0 Å². The second kappa shape index (κ2) is 5.39. The van der Waals surface area contributed by atoms with E-state index < -0.39 is 0 Å². The number of benzene rings is 1. The van der Waals surface area contributed by atoms with Gasteiger partial charge in [0.25, 0.3) is 0 Å². The van der Waals surface area contributed by atoms with Gasteiger partial charge in [0.2, 0.25) is 5.95 Å². The van der Waals surface area contributed by atoms with Crippen LogP contribution >= 0.6 is 15.9 Å². The first-order valence-electron chi connectivity index (χ1n) is 5.42. The maximum Gasteiger partial charge on any atom is 0.243 e. The van der Waals surface area contributed by atoms with Gasteiger partial charge in [0.05, 0.1) is 11.4 Å². The summed E-state index contributed by atoms with van der Waals surface area (Å²) in [5.41, 5.74) is 2.43. The van der Waals surface area contributed by atoms with Gasteiger partial charge in [0.15, 0.2) is 0 Å². The summed E-state index contributed by atoms with van der Waals surface area (Å²) >= 11 is 3.37. The molecule has 0 saturated carbocycles. The molecule has 6 heteroatoms. The number of aromatic nitrogens is 3. The van der Waals surface area contributed by atoms with Crippen molar-refractivity contribution < 1.29 is 4.39 Å². The molecule has 0 spiro atoms. The number of hydrogen-bond acceptors (Lipinski definition) is 4. The first-order valence-corrected chi connectivity index (χ1v) is 6.21. The van der Waals surface area contributed by atoms with Crippen LogP contribution in [-0.2, 0) is 6.54 Å². The molecule has 94 valence electrons. The predicted octanol–water partition coefficient (Wildman–Crippen LogP) is 3.00. The number of halogens is 2. The molecule has 0 amide bonds. The summed E-state index contributed by atoms with van der Waals surface area (Å²) in [5, 5.41) is 10.9. The Balaban J connectivity index is 2.11. The van der Waals surface area contributed by atoms with E-state index in [1.54, 1.807) is 6.07 Å². The lowest BCUT2D eigenvalue weighted by Gasteiger charge is -2.07. The SMILES string of the molecule is Cc1nnc(NCc2cc(F)ccc2Br)nc1C. The number of aryl methyl sites for hydroxylation is 2. The van der Waals surface area contributed by atoms with E-state index in [1.807, 2.05) is 13.8 Å². The minimum Gasteiger partial charge on any atom is -0.349 e. The quantitative estimate of drug-likeness (QED) is 0.947. The Labute approximate surface area is 113 Å². The van der Waals surface area contributed by atoms with E-state index in [4.69, 9.17) is 0 Å². The van der Waals surface area contributed by atoms with Crippen molar-refractivity contribution in [2.75, 3.05) is 5.32 Å². The molecule has 0 bridgehead atoms. The Kier molecular flexibility index (Phi) is 3.86. The van der Waals surface area contributed by atoms with Crippen molar-refractivity contribution in [3.63, 3.8) is 0 Å². The number of nitrogens with one attached hydrogen (secondary N) is 1. The van der Waals surface area contributed by atoms with Crippen LogP contribution in [0, 0.1) is 19.7 Å². The van der Waals surface area contributed by atoms with E-state index in [9.17, 15) is 4.39 Å². The fraction of sp³-hybridized carbons (Fsp3) is 0.250. The molecular formula is C12H12BrFN4. The van der Waals surface area contributed by atoms with Crippen LogP contribution in [0.2, 0.25) is 0 Å². The largest absolute Gasteiger partial charge is 0.349 e. The van der Waals surface area contributed by atoms with Crippen molar-refractivity contribution in [3.05, 3.63) is 45.4 Å². The van der Waals surface area contributed by atoms with Crippen molar-refractivity contribution in [1.29, 1.82) is 0 Å². The molecule has 18 heavy (non-hydrogen) atoms. The van der Waals surface area contributed by atoms with Crippen molar-refractivity contribution in [3.8, 4) is 0 Å². The van der Waals surface area contributed by atoms with Crippen LogP contribution in [0.5, 0.6) is 0 Å². The summed E-state index contributed by atoms with van der Waals surface area (Å²) in [4.78, 5) is 4.25. The summed E-state index contributed by atoms with van der Waals surface area (Å²) in [7, 11) is 0. The zero-order valence-corrected chi connectivity index (χ0v) is 11.6. The summed E-state index contributed by atoms with van der Waals surface area (Å²) in [6.07, 6.45) is 0. The summed E-state index contributed by atoms with van der Waals surface area (Å²) in [6, 6.07) is 4.54. The van der Waals surface area contributed by atoms with Crippen molar-refractivity contribution in [2.24, 2.45) is 0 Å². The van der Waals surface area contributed by atoms with E-state index in [0.29, 0.717) is 12.5 Å². The highest BCUT2D eigenvalue weighted by molar-refractivity contribution is 9.10. The standard InChI is InChI=1S/C12H12BrFN4/c1-7-8(2)17-18-12(16-7)15-6-9-5-10(14)3-4-11(9)13/h3-5H,6H2,1-2H3,(H,15,16,18). The van der Waals surface area contributed by atoms with Gasteiger partial charge in [-0.1, -0.05) is 15.9 Å². The average Bonchev–Trinajstić information content (AvgIpc) is 2.34. The van der Waals surface area contributed by atoms with Crippen molar-refractivity contribution in [2.45, 2.75) is 20.4 Å². The molecule has 0 atom stereocenters. The smallest absolute Gasteiger partial charge is 0.243 e. The number of anilines is 1. The molecule has 1 aromatic heterocycles. The topological polar surface area (TPSA) is 50.7 Å². The molecule has 0 aliphatic rings. The van der Waals surface area contributed by atoms with Gasteiger partial charge >= 0.3 is 0 Å². The lowest BCUT2D eigenvalue weighted by molar-refractivity contribution is 0.625. The molecule has 2 aromatic rings. The lowest BCUT2D eigenvalue weighted by Crippen LogP contribution is -2.07. The minimum absolute atomic E-state index is 0.269. The van der Waals surface area contributed by atoms with Crippen LogP contribution in [0.25, 0.3) is 0 Å². The molecule has 0 fully saturated rings. The van der Waals surface area contributed by atoms with E-state index in [-0.39, 0.29) is 5.82 Å². The second-order valence-corrected chi connectivity index (χ2v) is 4.75. The second-order valence-electron chi connectivity index (χ2n) is 3.90. The first-order chi connectivity index (χ1) is 8.56. The summed E-state index contributed by atoms with van der Waals surface area (Å²) in [5.74, 6) is 0.170. The molecule has 1 heterocycles. The molecule has 4 nitrogen and oxygen atoms in total. The first kappa shape index (κ1) is 12.9. The van der Waals surface area contributed by atoms with E-state index in [0.717, 1.165) is 21.4 Å². The zero-order chi connectivity index (χ0) is 13.1. The summed E-state index contributed by atoms with van der Waals surface area (Å²) in [6.45, 7) is 4.15. The van der Waals surface area contributed by atoms with E-state index >= 15 is 0 Å². The molecule has 0 aliphatic carbocycles. The third-order valence-electron chi connectivity index (χ3n) is 2.54. The van der Waals surface area contributed by atoms with Gasteiger partial charge in [-0.05, 0) is 37.6 Å². The van der Waals surface area contributed by atoms with Gasteiger partial charge in [-0.25, -0.2) is 9.37 Å². The average molecular weight is 311 g/mol.